The molecule has 1 heterocycles. The van der Waals surface area contributed by atoms with E-state index in [1.54, 1.807) is 0 Å². The molecule has 0 aliphatic carbocycles. The molecule has 0 bridgehead atoms. The molecule has 2 amide bonds. The molecule has 28 heavy (non-hydrogen) atoms. The molecule has 2 rings (SSSR count). The van der Waals surface area contributed by atoms with Crippen molar-refractivity contribution in [2.24, 2.45) is 7.05 Å². The number of carbonyl (C=O) groups excluding carboxylic acids is 1. The Balaban J connectivity index is 2.00. The van der Waals surface area contributed by atoms with Crippen LogP contribution in [0.3, 0.4) is 0 Å². The molecule has 1 atom stereocenters. The molecule has 0 aliphatic heterocycles. The van der Waals surface area contributed by atoms with Crippen molar-refractivity contribution < 1.29 is 14.7 Å². The third-order valence-corrected chi connectivity index (χ3v) is 4.82. The maximum absolute atomic E-state index is 12.5. The molecular weight excluding hydrogens is 356 g/mol. The molecule has 0 saturated heterocycles. The largest absolute Gasteiger partial charge is 0.481 e. The number of aromatic nitrogens is 2. The lowest BCUT2D eigenvalue weighted by molar-refractivity contribution is -0.137. The second-order valence-corrected chi connectivity index (χ2v) is 6.85. The predicted octanol–water partition coefficient (Wildman–Crippen LogP) is 2.82. The van der Waals surface area contributed by atoms with Gasteiger partial charge in [-0.3, -0.25) is 9.48 Å². The van der Waals surface area contributed by atoms with Gasteiger partial charge in [-0.2, -0.15) is 5.10 Å². The second kappa shape index (κ2) is 10.5. The van der Waals surface area contributed by atoms with Crippen molar-refractivity contribution >= 4 is 12.0 Å². The zero-order chi connectivity index (χ0) is 20.5. The number of carbonyl (C=O) groups is 2. The number of aryl methyl sites for hydroxylation is 2. The summed E-state index contributed by atoms with van der Waals surface area (Å²) in [5.74, 6) is -0.865. The van der Waals surface area contributed by atoms with E-state index in [9.17, 15) is 9.59 Å². The average molecular weight is 386 g/mol. The van der Waals surface area contributed by atoms with Crippen LogP contribution >= 0.6 is 0 Å². The van der Waals surface area contributed by atoms with E-state index in [-0.39, 0.29) is 18.5 Å². The number of amides is 2. The molecule has 3 N–H and O–H groups in total. The number of benzene rings is 1. The summed E-state index contributed by atoms with van der Waals surface area (Å²) in [5.41, 5.74) is 4.23. The Kier molecular flexibility index (Phi) is 8.04. The van der Waals surface area contributed by atoms with E-state index in [1.807, 2.05) is 49.0 Å². The molecule has 0 aliphatic rings. The molecule has 2 aromatic rings. The SMILES string of the molecule is CCc1nn(C)c(CC)c1CNC(=O)NC(CCC(=O)O)Cc1ccccc1. The monoisotopic (exact) mass is 386 g/mol. The number of carboxylic acid groups (broad SMARTS) is 1. The lowest BCUT2D eigenvalue weighted by Gasteiger charge is -2.19. The van der Waals surface area contributed by atoms with Gasteiger partial charge in [-0.25, -0.2) is 4.79 Å². The van der Waals surface area contributed by atoms with E-state index >= 15 is 0 Å². The molecule has 152 valence electrons. The molecular formula is C21H30N4O3. The Bertz CT molecular complexity index is 786. The Labute approximate surface area is 166 Å². The predicted molar refractivity (Wildman–Crippen MR) is 108 cm³/mol. The Morgan fingerprint density at radius 2 is 1.89 bits per heavy atom. The average Bonchev–Trinajstić information content (AvgIpc) is 2.99. The lowest BCUT2D eigenvalue weighted by atomic mass is 10.0. The van der Waals surface area contributed by atoms with Crippen molar-refractivity contribution in [2.75, 3.05) is 0 Å². The highest BCUT2D eigenvalue weighted by Crippen LogP contribution is 2.15. The number of hydrogen-bond acceptors (Lipinski definition) is 3. The summed E-state index contributed by atoms with van der Waals surface area (Å²) in [5, 5.41) is 19.4. The van der Waals surface area contributed by atoms with Crippen molar-refractivity contribution in [1.29, 1.82) is 0 Å². The number of hydrogen-bond donors (Lipinski definition) is 3. The number of aliphatic carboxylic acids is 1. The number of rotatable bonds is 10. The van der Waals surface area contributed by atoms with E-state index in [0.29, 0.717) is 19.4 Å². The summed E-state index contributed by atoms with van der Waals surface area (Å²) < 4.78 is 1.87. The maximum Gasteiger partial charge on any atom is 0.315 e. The molecule has 1 unspecified atom stereocenters. The van der Waals surface area contributed by atoms with E-state index in [1.165, 1.54) is 0 Å². The summed E-state index contributed by atoms with van der Waals surface area (Å²) >= 11 is 0. The van der Waals surface area contributed by atoms with Crippen LogP contribution in [0.25, 0.3) is 0 Å². The fourth-order valence-corrected chi connectivity index (χ4v) is 3.42. The number of urea groups is 1. The minimum Gasteiger partial charge on any atom is -0.481 e. The topological polar surface area (TPSA) is 96.3 Å². The Morgan fingerprint density at radius 3 is 2.50 bits per heavy atom. The van der Waals surface area contributed by atoms with Gasteiger partial charge in [0.15, 0.2) is 0 Å². The Morgan fingerprint density at radius 1 is 1.18 bits per heavy atom. The van der Waals surface area contributed by atoms with Crippen molar-refractivity contribution in [3.8, 4) is 0 Å². The fourth-order valence-electron chi connectivity index (χ4n) is 3.42. The van der Waals surface area contributed by atoms with Gasteiger partial charge in [-0.05, 0) is 31.2 Å². The van der Waals surface area contributed by atoms with Crippen LogP contribution in [0.1, 0.15) is 49.2 Å². The van der Waals surface area contributed by atoms with Gasteiger partial charge < -0.3 is 15.7 Å². The zero-order valence-electron chi connectivity index (χ0n) is 16.9. The lowest BCUT2D eigenvalue weighted by Crippen LogP contribution is -2.43. The smallest absolute Gasteiger partial charge is 0.315 e. The molecule has 0 spiro atoms. The molecule has 1 aromatic heterocycles. The van der Waals surface area contributed by atoms with Crippen LogP contribution < -0.4 is 10.6 Å². The number of nitrogens with zero attached hydrogens (tertiary/aromatic N) is 2. The van der Waals surface area contributed by atoms with Gasteiger partial charge in [0, 0.05) is 37.3 Å². The molecule has 0 saturated carbocycles. The maximum atomic E-state index is 12.5. The van der Waals surface area contributed by atoms with Gasteiger partial charge in [0.2, 0.25) is 0 Å². The van der Waals surface area contributed by atoms with Crippen LogP contribution in [-0.4, -0.2) is 32.9 Å². The number of carboxylic acids is 1. The van der Waals surface area contributed by atoms with Crippen LogP contribution in [0.4, 0.5) is 4.79 Å². The second-order valence-electron chi connectivity index (χ2n) is 6.85. The molecule has 0 radical (unpaired) electrons. The van der Waals surface area contributed by atoms with Gasteiger partial charge in [0.25, 0.3) is 0 Å². The first-order valence-electron chi connectivity index (χ1n) is 9.78. The van der Waals surface area contributed by atoms with E-state index in [4.69, 9.17) is 5.11 Å². The zero-order valence-corrected chi connectivity index (χ0v) is 16.9. The standard InChI is InChI=1S/C21H30N4O3/c1-4-18-17(19(5-2)25(3)24-18)14-22-21(28)23-16(11-12-20(26)27)13-15-9-7-6-8-10-15/h6-10,16H,4-5,11-14H2,1-3H3,(H,26,27)(H2,22,23,28). The summed E-state index contributed by atoms with van der Waals surface area (Å²) in [4.78, 5) is 23.4. The summed E-state index contributed by atoms with van der Waals surface area (Å²) in [7, 11) is 1.92. The van der Waals surface area contributed by atoms with Gasteiger partial charge in [0.05, 0.1) is 5.69 Å². The van der Waals surface area contributed by atoms with Gasteiger partial charge in [0.1, 0.15) is 0 Å². The first-order chi connectivity index (χ1) is 13.4. The minimum absolute atomic E-state index is 0.0142. The van der Waals surface area contributed by atoms with Gasteiger partial charge >= 0.3 is 12.0 Å². The summed E-state index contributed by atoms with van der Waals surface area (Å²) in [6.45, 7) is 4.53. The van der Waals surface area contributed by atoms with Crippen LogP contribution in [-0.2, 0) is 37.6 Å². The van der Waals surface area contributed by atoms with Crippen molar-refractivity contribution in [2.45, 2.75) is 58.5 Å². The third-order valence-electron chi connectivity index (χ3n) is 4.82. The van der Waals surface area contributed by atoms with Crippen LogP contribution in [0.15, 0.2) is 30.3 Å². The highest BCUT2D eigenvalue weighted by molar-refractivity contribution is 5.74. The van der Waals surface area contributed by atoms with E-state index < -0.39 is 5.97 Å². The van der Waals surface area contributed by atoms with Gasteiger partial charge in [-0.15, -0.1) is 0 Å². The summed E-state index contributed by atoms with van der Waals surface area (Å²) in [6, 6.07) is 9.21. The van der Waals surface area contributed by atoms with Crippen molar-refractivity contribution in [1.82, 2.24) is 20.4 Å². The highest BCUT2D eigenvalue weighted by atomic mass is 16.4. The third kappa shape index (κ3) is 6.11. The first kappa shape index (κ1) is 21.5. The van der Waals surface area contributed by atoms with Crippen molar-refractivity contribution in [3.63, 3.8) is 0 Å². The quantitative estimate of drug-likeness (QED) is 0.585. The van der Waals surface area contributed by atoms with Gasteiger partial charge in [-0.1, -0.05) is 44.2 Å². The molecule has 7 heteroatoms. The van der Waals surface area contributed by atoms with Crippen LogP contribution in [0, 0.1) is 0 Å². The van der Waals surface area contributed by atoms with Crippen molar-refractivity contribution in [3.05, 3.63) is 52.8 Å². The normalized spacial score (nSPS) is 11.8. The highest BCUT2D eigenvalue weighted by Gasteiger charge is 2.17. The number of nitrogens with one attached hydrogen (secondary N) is 2. The first-order valence-corrected chi connectivity index (χ1v) is 9.78. The van der Waals surface area contributed by atoms with Crippen LogP contribution in [0.5, 0.6) is 0 Å². The molecule has 1 aromatic carbocycles. The summed E-state index contributed by atoms with van der Waals surface area (Å²) in [6.07, 6.45) is 2.64. The molecule has 7 nitrogen and oxygen atoms in total. The van der Waals surface area contributed by atoms with E-state index in [2.05, 4.69) is 22.7 Å². The Hall–Kier alpha value is -2.83. The minimum atomic E-state index is -0.865. The van der Waals surface area contributed by atoms with Crippen LogP contribution in [0.2, 0.25) is 0 Å². The molecule has 0 fully saturated rings. The van der Waals surface area contributed by atoms with E-state index in [0.717, 1.165) is 35.4 Å². The fraction of sp³-hybridized carbons (Fsp3) is 0.476.